The van der Waals surface area contributed by atoms with Gasteiger partial charge in [-0.2, -0.15) is 0 Å². The van der Waals surface area contributed by atoms with Gasteiger partial charge in [-0.05, 0) is 85.8 Å². The van der Waals surface area contributed by atoms with Crippen molar-refractivity contribution >= 4 is 46.7 Å². The highest BCUT2D eigenvalue weighted by molar-refractivity contribution is 6.33. The molecule has 1 aromatic rings. The number of amides is 2. The van der Waals surface area contributed by atoms with E-state index in [4.69, 9.17) is 28.3 Å². The number of carbonyl (C=O) groups excluding carboxylic acids is 2. The monoisotopic (exact) mass is 518 g/mol. The van der Waals surface area contributed by atoms with Gasteiger partial charge in [0.2, 0.25) is 11.8 Å². The third-order valence-electron chi connectivity index (χ3n) is 9.76. The maximum absolute atomic E-state index is 13.0. The molecule has 1 saturated heterocycles. The van der Waals surface area contributed by atoms with Gasteiger partial charge in [0.1, 0.15) is 0 Å². The number of carbonyl (C=O) groups is 3. The van der Waals surface area contributed by atoms with Gasteiger partial charge in [-0.15, -0.1) is 0 Å². The molecule has 5 rings (SSSR count). The lowest BCUT2D eigenvalue weighted by atomic mass is 9.49. The number of anilines is 1. The second kappa shape index (κ2) is 8.81. The van der Waals surface area contributed by atoms with Crippen LogP contribution < -0.4 is 10.6 Å². The van der Waals surface area contributed by atoms with Crippen molar-refractivity contribution in [1.29, 1.82) is 0 Å². The summed E-state index contributed by atoms with van der Waals surface area (Å²) < 4.78 is 0. The van der Waals surface area contributed by atoms with Crippen molar-refractivity contribution in [2.24, 2.45) is 34.5 Å². The molecule has 4 aliphatic rings. The van der Waals surface area contributed by atoms with Crippen molar-refractivity contribution in [1.82, 2.24) is 5.32 Å². The summed E-state index contributed by atoms with van der Waals surface area (Å²) in [5.41, 5.74) is 1.49. The Kier molecular flexibility index (Phi) is 6.20. The molecule has 0 bridgehead atoms. The van der Waals surface area contributed by atoms with Crippen LogP contribution in [-0.2, 0) is 9.59 Å². The molecule has 1 aromatic carbocycles. The van der Waals surface area contributed by atoms with Crippen molar-refractivity contribution < 1.29 is 19.5 Å². The number of carboxylic acid groups (broad SMARTS) is 1. The summed E-state index contributed by atoms with van der Waals surface area (Å²) in [4.78, 5) is 36.2. The molecule has 1 heterocycles. The van der Waals surface area contributed by atoms with Crippen LogP contribution in [-0.4, -0.2) is 22.9 Å². The number of hydrogen-bond acceptors (Lipinski definition) is 3. The minimum absolute atomic E-state index is 0.0159. The molecule has 0 aromatic heterocycles. The van der Waals surface area contributed by atoms with Crippen molar-refractivity contribution in [3.63, 3.8) is 0 Å². The minimum atomic E-state index is -1.09. The number of rotatable bonds is 4. The van der Waals surface area contributed by atoms with Gasteiger partial charge in [-0.1, -0.05) is 37.0 Å². The molecule has 0 radical (unpaired) electrons. The largest absolute Gasteiger partial charge is 0.478 e. The zero-order chi connectivity index (χ0) is 25.1. The summed E-state index contributed by atoms with van der Waals surface area (Å²) in [6.45, 7) is 4.64. The quantitative estimate of drug-likeness (QED) is 0.442. The fraction of sp³-hybridized carbons (Fsp3) is 0.593. The number of benzene rings is 1. The molecule has 0 spiro atoms. The number of aromatic carboxylic acids is 1. The van der Waals surface area contributed by atoms with Crippen LogP contribution in [0.5, 0.6) is 0 Å². The zero-order valence-electron chi connectivity index (χ0n) is 20.1. The molecule has 6 nitrogen and oxygen atoms in total. The fourth-order valence-electron chi connectivity index (χ4n) is 7.91. The molecule has 8 heteroatoms. The van der Waals surface area contributed by atoms with E-state index in [9.17, 15) is 14.4 Å². The van der Waals surface area contributed by atoms with E-state index in [0.717, 1.165) is 49.3 Å². The highest BCUT2D eigenvalue weighted by Gasteiger charge is 2.59. The summed E-state index contributed by atoms with van der Waals surface area (Å²) in [6, 6.07) is 4.48. The maximum Gasteiger partial charge on any atom is 0.337 e. The van der Waals surface area contributed by atoms with Gasteiger partial charge < -0.3 is 15.7 Å². The Morgan fingerprint density at radius 3 is 2.63 bits per heavy atom. The highest BCUT2D eigenvalue weighted by Crippen LogP contribution is 2.66. The Bertz CT molecular complexity index is 1130. The molecule has 3 fully saturated rings. The molecule has 3 aliphatic carbocycles. The Hall–Kier alpha value is -2.05. The van der Waals surface area contributed by atoms with Crippen LogP contribution in [0.4, 0.5) is 5.69 Å². The number of fused-ring (bicyclic) bond motifs is 5. The van der Waals surface area contributed by atoms with Crippen molar-refractivity contribution in [2.75, 3.05) is 5.32 Å². The van der Waals surface area contributed by atoms with Gasteiger partial charge >= 0.3 is 5.97 Å². The zero-order valence-corrected chi connectivity index (χ0v) is 21.6. The van der Waals surface area contributed by atoms with Gasteiger partial charge in [0.05, 0.1) is 10.6 Å². The lowest BCUT2D eigenvalue weighted by Crippen LogP contribution is -2.54. The van der Waals surface area contributed by atoms with E-state index in [-0.39, 0.29) is 39.1 Å². The molecule has 3 N–H and O–H groups in total. The standard InChI is InChI=1S/C27H32Cl2N2O4/c1-26-9-7-19-17(13-21(29)24-27(19,2)10-8-22(32)31-24)18(26)6-3-14(26)11-23(33)30-15-4-5-16(25(34)35)20(28)12-15/h4-5,12,14,17-19H,3,6-11,13H2,1-2H3,(H,30,33)(H,31,32)(H,34,35). The van der Waals surface area contributed by atoms with E-state index < -0.39 is 5.97 Å². The summed E-state index contributed by atoms with van der Waals surface area (Å²) in [7, 11) is 0. The van der Waals surface area contributed by atoms with Crippen LogP contribution in [0.1, 0.15) is 75.6 Å². The Labute approximate surface area is 215 Å². The highest BCUT2D eigenvalue weighted by atomic mass is 35.5. The molecule has 2 saturated carbocycles. The van der Waals surface area contributed by atoms with Crippen LogP contribution in [0, 0.1) is 34.5 Å². The topological polar surface area (TPSA) is 95.5 Å². The summed E-state index contributed by atoms with van der Waals surface area (Å²) in [5.74, 6) is 0.673. The molecule has 2 amide bonds. The predicted molar refractivity (Wildman–Crippen MR) is 135 cm³/mol. The van der Waals surface area contributed by atoms with Gasteiger partial charge in [-0.3, -0.25) is 9.59 Å². The number of piperidine rings is 1. The van der Waals surface area contributed by atoms with E-state index in [1.165, 1.54) is 12.1 Å². The van der Waals surface area contributed by atoms with Gasteiger partial charge in [0.25, 0.3) is 0 Å². The van der Waals surface area contributed by atoms with Gasteiger partial charge in [0, 0.05) is 34.7 Å². The molecule has 1 aliphatic heterocycles. The third kappa shape index (κ3) is 4.07. The van der Waals surface area contributed by atoms with Crippen LogP contribution in [0.3, 0.4) is 0 Å². The number of halogens is 2. The van der Waals surface area contributed by atoms with E-state index >= 15 is 0 Å². The van der Waals surface area contributed by atoms with Crippen molar-refractivity contribution in [3.05, 3.63) is 39.5 Å². The number of hydrogen-bond donors (Lipinski definition) is 3. The molecule has 6 unspecified atom stereocenters. The smallest absolute Gasteiger partial charge is 0.337 e. The van der Waals surface area contributed by atoms with E-state index in [1.807, 2.05) is 0 Å². The van der Waals surface area contributed by atoms with E-state index in [0.29, 0.717) is 36.3 Å². The Morgan fingerprint density at radius 2 is 1.91 bits per heavy atom. The molecule has 188 valence electrons. The predicted octanol–water partition coefficient (Wildman–Crippen LogP) is 6.20. The van der Waals surface area contributed by atoms with Crippen LogP contribution >= 0.6 is 23.2 Å². The molecule has 35 heavy (non-hydrogen) atoms. The summed E-state index contributed by atoms with van der Waals surface area (Å²) >= 11 is 12.9. The molecular formula is C27H32Cl2N2O4. The Balaban J connectivity index is 1.31. The minimum Gasteiger partial charge on any atom is -0.478 e. The van der Waals surface area contributed by atoms with E-state index in [2.05, 4.69) is 24.5 Å². The number of allylic oxidation sites excluding steroid dienone is 2. The molecule has 6 atom stereocenters. The summed E-state index contributed by atoms with van der Waals surface area (Å²) in [6.07, 6.45) is 6.91. The lowest BCUT2D eigenvalue weighted by molar-refractivity contribution is -0.125. The Morgan fingerprint density at radius 1 is 1.14 bits per heavy atom. The van der Waals surface area contributed by atoms with Crippen molar-refractivity contribution in [2.45, 2.75) is 65.2 Å². The second-order valence-corrected chi connectivity index (χ2v) is 12.3. The SMILES string of the molecule is CC12CCC(=O)NC1=C(Cl)CC1C2CCC2(C)C(CC(=O)Nc3ccc(C(=O)O)c(Cl)c3)CCC12. The average Bonchev–Trinajstić information content (AvgIpc) is 3.11. The second-order valence-electron chi connectivity index (χ2n) is 11.4. The van der Waals surface area contributed by atoms with Crippen LogP contribution in [0.2, 0.25) is 5.02 Å². The first-order valence-electron chi connectivity index (χ1n) is 12.5. The first kappa shape index (κ1) is 24.6. The number of carboxylic acids is 1. The maximum atomic E-state index is 13.0. The number of nitrogens with one attached hydrogen (secondary N) is 2. The first-order chi connectivity index (χ1) is 16.5. The summed E-state index contributed by atoms with van der Waals surface area (Å²) in [5, 5.41) is 16.1. The average molecular weight is 519 g/mol. The van der Waals surface area contributed by atoms with Crippen molar-refractivity contribution in [3.8, 4) is 0 Å². The third-order valence-corrected chi connectivity index (χ3v) is 10.4. The van der Waals surface area contributed by atoms with Crippen LogP contribution in [0.15, 0.2) is 28.9 Å². The van der Waals surface area contributed by atoms with E-state index in [1.54, 1.807) is 6.07 Å². The lowest BCUT2D eigenvalue weighted by Gasteiger charge is -2.57. The van der Waals surface area contributed by atoms with Crippen LogP contribution in [0.25, 0.3) is 0 Å². The fourth-order valence-corrected chi connectivity index (χ4v) is 8.61. The molecular weight excluding hydrogens is 487 g/mol. The first-order valence-corrected chi connectivity index (χ1v) is 13.3. The van der Waals surface area contributed by atoms with Gasteiger partial charge in [0.15, 0.2) is 0 Å². The van der Waals surface area contributed by atoms with Gasteiger partial charge in [-0.25, -0.2) is 4.79 Å². The normalized spacial score (nSPS) is 36.1.